The molecule has 2 aromatic heterocycles. The van der Waals surface area contributed by atoms with Crippen molar-refractivity contribution in [2.45, 2.75) is 45.2 Å². The average Bonchev–Trinajstić information content (AvgIpc) is 3.00. The van der Waals surface area contributed by atoms with Crippen molar-refractivity contribution < 1.29 is 5.11 Å². The molecule has 148 valence electrons. The van der Waals surface area contributed by atoms with Crippen LogP contribution in [-0.2, 0) is 0 Å². The second-order valence-electron chi connectivity index (χ2n) is 8.24. The fourth-order valence-corrected chi connectivity index (χ4v) is 3.46. The molecule has 1 aliphatic heterocycles. The Labute approximate surface area is 164 Å². The maximum absolute atomic E-state index is 9.54. The van der Waals surface area contributed by atoms with Crippen molar-refractivity contribution in [1.82, 2.24) is 24.8 Å². The predicted molar refractivity (Wildman–Crippen MR) is 111 cm³/mol. The summed E-state index contributed by atoms with van der Waals surface area (Å²) in [5, 5.41) is 19.7. The SMILES string of the molecule is CC(C)(C)Nc1ncc2nc(Nc3ccc(O)cc3)n(C3CCNCC3)c2n1. The molecule has 0 amide bonds. The summed E-state index contributed by atoms with van der Waals surface area (Å²) in [4.78, 5) is 14.0. The van der Waals surface area contributed by atoms with Crippen LogP contribution in [0.1, 0.15) is 39.7 Å². The van der Waals surface area contributed by atoms with Gasteiger partial charge in [-0.15, -0.1) is 0 Å². The van der Waals surface area contributed by atoms with Crippen molar-refractivity contribution in [2.75, 3.05) is 23.7 Å². The van der Waals surface area contributed by atoms with E-state index in [1.54, 1.807) is 18.3 Å². The van der Waals surface area contributed by atoms with Crippen molar-refractivity contribution in [3.8, 4) is 5.75 Å². The Morgan fingerprint density at radius 3 is 2.50 bits per heavy atom. The number of hydrogen-bond donors (Lipinski definition) is 4. The number of hydrogen-bond acceptors (Lipinski definition) is 7. The maximum Gasteiger partial charge on any atom is 0.225 e. The van der Waals surface area contributed by atoms with Crippen LogP contribution in [0.25, 0.3) is 11.2 Å². The number of piperidine rings is 1. The summed E-state index contributed by atoms with van der Waals surface area (Å²) >= 11 is 0. The van der Waals surface area contributed by atoms with Gasteiger partial charge in [0.15, 0.2) is 5.65 Å². The molecule has 28 heavy (non-hydrogen) atoms. The van der Waals surface area contributed by atoms with Gasteiger partial charge in [0.1, 0.15) is 11.3 Å². The normalized spacial score (nSPS) is 15.7. The van der Waals surface area contributed by atoms with Crippen LogP contribution in [0.15, 0.2) is 30.5 Å². The lowest BCUT2D eigenvalue weighted by Crippen LogP contribution is -2.30. The van der Waals surface area contributed by atoms with Crippen molar-refractivity contribution in [3.63, 3.8) is 0 Å². The van der Waals surface area contributed by atoms with Crippen molar-refractivity contribution >= 4 is 28.7 Å². The highest BCUT2D eigenvalue weighted by molar-refractivity contribution is 5.76. The third-order valence-electron chi connectivity index (χ3n) is 4.72. The summed E-state index contributed by atoms with van der Waals surface area (Å²) in [6.07, 6.45) is 3.81. The molecular formula is C20H27N7O. The molecule has 0 radical (unpaired) electrons. The number of imidazole rings is 1. The van der Waals surface area contributed by atoms with Gasteiger partial charge in [-0.3, -0.25) is 4.57 Å². The van der Waals surface area contributed by atoms with E-state index in [1.807, 2.05) is 12.1 Å². The molecule has 8 nitrogen and oxygen atoms in total. The fourth-order valence-electron chi connectivity index (χ4n) is 3.46. The van der Waals surface area contributed by atoms with Crippen LogP contribution in [0, 0.1) is 0 Å². The Morgan fingerprint density at radius 2 is 1.82 bits per heavy atom. The molecule has 0 aliphatic carbocycles. The number of nitrogens with one attached hydrogen (secondary N) is 3. The van der Waals surface area contributed by atoms with Crippen molar-refractivity contribution in [1.29, 1.82) is 0 Å². The number of phenolic OH excluding ortho intramolecular Hbond substituents is 1. The van der Waals surface area contributed by atoms with Crippen molar-refractivity contribution in [2.24, 2.45) is 0 Å². The van der Waals surface area contributed by atoms with E-state index < -0.39 is 0 Å². The second-order valence-corrected chi connectivity index (χ2v) is 8.24. The lowest BCUT2D eigenvalue weighted by Gasteiger charge is -2.26. The Hall–Kier alpha value is -2.87. The van der Waals surface area contributed by atoms with E-state index in [0.717, 1.165) is 48.7 Å². The minimum absolute atomic E-state index is 0.125. The van der Waals surface area contributed by atoms with Gasteiger partial charge in [0, 0.05) is 17.3 Å². The zero-order valence-corrected chi connectivity index (χ0v) is 16.5. The van der Waals surface area contributed by atoms with Crippen LogP contribution in [-0.4, -0.2) is 43.3 Å². The monoisotopic (exact) mass is 381 g/mol. The molecule has 4 N–H and O–H groups in total. The highest BCUT2D eigenvalue weighted by Gasteiger charge is 2.23. The van der Waals surface area contributed by atoms with Gasteiger partial charge in [0.25, 0.3) is 0 Å². The van der Waals surface area contributed by atoms with Crippen LogP contribution < -0.4 is 16.0 Å². The molecule has 0 unspecified atom stereocenters. The van der Waals surface area contributed by atoms with Gasteiger partial charge in [-0.25, -0.2) is 9.97 Å². The summed E-state index contributed by atoms with van der Waals surface area (Å²) in [7, 11) is 0. The van der Waals surface area contributed by atoms with Gasteiger partial charge in [-0.2, -0.15) is 4.98 Å². The number of phenols is 1. The zero-order chi connectivity index (χ0) is 19.7. The van der Waals surface area contributed by atoms with Gasteiger partial charge < -0.3 is 21.1 Å². The first-order valence-electron chi connectivity index (χ1n) is 9.69. The molecule has 4 rings (SSSR count). The number of aromatic hydroxyl groups is 1. The third-order valence-corrected chi connectivity index (χ3v) is 4.72. The lowest BCUT2D eigenvalue weighted by atomic mass is 10.1. The smallest absolute Gasteiger partial charge is 0.225 e. The molecule has 0 saturated carbocycles. The number of aromatic nitrogens is 4. The molecule has 0 atom stereocenters. The first kappa shape index (κ1) is 18.5. The van der Waals surface area contributed by atoms with E-state index in [1.165, 1.54) is 0 Å². The number of fused-ring (bicyclic) bond motifs is 1. The minimum atomic E-state index is -0.125. The lowest BCUT2D eigenvalue weighted by molar-refractivity contribution is 0.377. The quantitative estimate of drug-likeness (QED) is 0.514. The van der Waals surface area contributed by atoms with E-state index in [0.29, 0.717) is 12.0 Å². The van der Waals surface area contributed by atoms with E-state index in [-0.39, 0.29) is 11.3 Å². The Balaban J connectivity index is 1.77. The Morgan fingerprint density at radius 1 is 1.11 bits per heavy atom. The molecule has 0 spiro atoms. The molecule has 3 aromatic rings. The second kappa shape index (κ2) is 7.27. The van der Waals surface area contributed by atoms with Gasteiger partial charge in [-0.1, -0.05) is 0 Å². The van der Waals surface area contributed by atoms with Gasteiger partial charge in [0.2, 0.25) is 11.9 Å². The Bertz CT molecular complexity index is 953. The molecule has 1 aliphatic rings. The van der Waals surface area contributed by atoms with E-state index in [9.17, 15) is 5.11 Å². The molecule has 3 heterocycles. The topological polar surface area (TPSA) is 99.9 Å². The van der Waals surface area contributed by atoms with Crippen molar-refractivity contribution in [3.05, 3.63) is 30.5 Å². The highest BCUT2D eigenvalue weighted by atomic mass is 16.3. The number of rotatable bonds is 4. The van der Waals surface area contributed by atoms with E-state index in [2.05, 4.69) is 46.3 Å². The van der Waals surface area contributed by atoms with Crippen LogP contribution in [0.3, 0.4) is 0 Å². The Kier molecular flexibility index (Phi) is 4.80. The average molecular weight is 381 g/mol. The summed E-state index contributed by atoms with van der Waals surface area (Å²) in [5.74, 6) is 1.59. The zero-order valence-electron chi connectivity index (χ0n) is 16.5. The summed E-state index contributed by atoms with van der Waals surface area (Å²) in [6.45, 7) is 8.20. The summed E-state index contributed by atoms with van der Waals surface area (Å²) in [5.41, 5.74) is 2.33. The van der Waals surface area contributed by atoms with Gasteiger partial charge in [-0.05, 0) is 71.0 Å². The fraction of sp³-hybridized carbons (Fsp3) is 0.450. The van der Waals surface area contributed by atoms with Crippen LogP contribution in [0.2, 0.25) is 0 Å². The van der Waals surface area contributed by atoms with Gasteiger partial charge >= 0.3 is 0 Å². The number of benzene rings is 1. The standard InChI is InChI=1S/C20H27N7O/c1-20(2,3)26-18-22-12-16-17(25-18)27(14-8-10-21-11-9-14)19(24-16)23-13-4-6-15(28)7-5-13/h4-7,12,14,21,28H,8-11H2,1-3H3,(H,23,24)(H,22,25,26). The first-order valence-corrected chi connectivity index (χ1v) is 9.69. The summed E-state index contributed by atoms with van der Waals surface area (Å²) < 4.78 is 2.19. The predicted octanol–water partition coefficient (Wildman–Crippen LogP) is 3.41. The minimum Gasteiger partial charge on any atom is -0.508 e. The first-order chi connectivity index (χ1) is 13.4. The van der Waals surface area contributed by atoms with Gasteiger partial charge in [0.05, 0.1) is 6.20 Å². The molecule has 8 heteroatoms. The van der Waals surface area contributed by atoms with E-state index >= 15 is 0 Å². The molecule has 1 aromatic carbocycles. The highest BCUT2D eigenvalue weighted by Crippen LogP contribution is 2.31. The number of anilines is 3. The maximum atomic E-state index is 9.54. The largest absolute Gasteiger partial charge is 0.508 e. The van der Waals surface area contributed by atoms with Crippen LogP contribution in [0.4, 0.5) is 17.6 Å². The number of nitrogens with zero attached hydrogens (tertiary/aromatic N) is 4. The third kappa shape index (κ3) is 4.01. The molecule has 1 saturated heterocycles. The van der Waals surface area contributed by atoms with Crippen LogP contribution >= 0.6 is 0 Å². The molecule has 1 fully saturated rings. The summed E-state index contributed by atoms with van der Waals surface area (Å²) in [6, 6.07) is 7.29. The molecule has 0 bridgehead atoms. The van der Waals surface area contributed by atoms with Crippen LogP contribution in [0.5, 0.6) is 5.75 Å². The van der Waals surface area contributed by atoms with E-state index in [4.69, 9.17) is 9.97 Å². The molecular weight excluding hydrogens is 354 g/mol.